The quantitative estimate of drug-likeness (QED) is 0.764. The number of nitrogens with one attached hydrogen (secondary N) is 2. The molecule has 1 atom stereocenters. The molecule has 0 aromatic carbocycles. The van der Waals surface area contributed by atoms with Gasteiger partial charge in [-0.2, -0.15) is 0 Å². The molecule has 1 saturated carbocycles. The number of hydrogen-bond acceptors (Lipinski definition) is 5. The van der Waals surface area contributed by atoms with Crippen molar-refractivity contribution in [1.82, 2.24) is 15.5 Å². The highest BCUT2D eigenvalue weighted by molar-refractivity contribution is 5.73. The Morgan fingerprint density at radius 2 is 1.95 bits per heavy atom. The van der Waals surface area contributed by atoms with Crippen molar-refractivity contribution in [2.75, 3.05) is 52.5 Å². The summed E-state index contributed by atoms with van der Waals surface area (Å²) in [5, 5.41) is 5.76. The van der Waals surface area contributed by atoms with Gasteiger partial charge in [-0.05, 0) is 12.8 Å². The number of nitrogens with zero attached hydrogens (tertiary/aromatic N) is 1. The molecule has 22 heavy (non-hydrogen) atoms. The van der Waals surface area contributed by atoms with Gasteiger partial charge in [-0.1, -0.05) is 0 Å². The van der Waals surface area contributed by atoms with Gasteiger partial charge >= 0.3 is 6.03 Å². The zero-order valence-corrected chi connectivity index (χ0v) is 13.1. The third-order valence-electron chi connectivity index (χ3n) is 4.59. The number of urea groups is 1. The fourth-order valence-corrected chi connectivity index (χ4v) is 3.31. The fraction of sp³-hybridized carbons (Fsp3) is 0.933. The molecule has 3 rings (SSSR count). The van der Waals surface area contributed by atoms with Crippen molar-refractivity contribution in [3.8, 4) is 0 Å². The first-order chi connectivity index (χ1) is 10.8. The molecule has 0 radical (unpaired) electrons. The first-order valence-corrected chi connectivity index (χ1v) is 8.39. The molecule has 0 bridgehead atoms. The molecule has 3 fully saturated rings. The van der Waals surface area contributed by atoms with Crippen LogP contribution >= 0.6 is 0 Å². The van der Waals surface area contributed by atoms with E-state index < -0.39 is 0 Å². The van der Waals surface area contributed by atoms with Gasteiger partial charge in [0.2, 0.25) is 0 Å². The Balaban J connectivity index is 1.26. The van der Waals surface area contributed by atoms with E-state index in [9.17, 15) is 4.79 Å². The number of ether oxygens (including phenoxy) is 3. The maximum Gasteiger partial charge on any atom is 0.314 e. The summed E-state index contributed by atoms with van der Waals surface area (Å²) < 4.78 is 17.1. The monoisotopic (exact) mass is 313 g/mol. The van der Waals surface area contributed by atoms with Crippen molar-refractivity contribution >= 4 is 6.03 Å². The lowest BCUT2D eigenvalue weighted by atomic mass is 10.2. The summed E-state index contributed by atoms with van der Waals surface area (Å²) in [6, 6.07) is -0.135. The Labute approximate surface area is 131 Å². The van der Waals surface area contributed by atoms with Crippen molar-refractivity contribution < 1.29 is 19.0 Å². The van der Waals surface area contributed by atoms with Crippen LogP contribution in [0.15, 0.2) is 0 Å². The largest absolute Gasteiger partial charge is 0.379 e. The predicted octanol–water partition coefficient (Wildman–Crippen LogP) is 0.304. The predicted molar refractivity (Wildman–Crippen MR) is 80.7 cm³/mol. The minimum Gasteiger partial charge on any atom is -0.379 e. The lowest BCUT2D eigenvalue weighted by Gasteiger charge is -2.26. The van der Waals surface area contributed by atoms with E-state index >= 15 is 0 Å². The van der Waals surface area contributed by atoms with Gasteiger partial charge in [0, 0.05) is 45.6 Å². The third-order valence-corrected chi connectivity index (χ3v) is 4.59. The standard InChI is InChI=1S/C15H27N3O4/c19-14(16-5-6-18-7-9-20-10-8-18)17-11-13-12-21-15(22-13)3-1-2-4-15/h13H,1-12H2,(H2,16,17,19). The maximum absolute atomic E-state index is 11.8. The summed E-state index contributed by atoms with van der Waals surface area (Å²) in [6.45, 7) is 6.05. The molecule has 0 aromatic heterocycles. The highest BCUT2D eigenvalue weighted by Gasteiger charge is 2.43. The number of morpholine rings is 1. The van der Waals surface area contributed by atoms with Crippen LogP contribution in [0.3, 0.4) is 0 Å². The van der Waals surface area contributed by atoms with Crippen molar-refractivity contribution in [3.05, 3.63) is 0 Å². The molecule has 0 aromatic rings. The lowest BCUT2D eigenvalue weighted by Crippen LogP contribution is -2.45. The number of carbonyl (C=O) groups excluding carboxylic acids is 1. The average Bonchev–Trinajstić information content (AvgIpc) is 3.17. The van der Waals surface area contributed by atoms with Crippen LogP contribution in [0, 0.1) is 0 Å². The Morgan fingerprint density at radius 1 is 1.18 bits per heavy atom. The number of rotatable bonds is 5. The molecule has 7 heteroatoms. The molecule has 2 heterocycles. The maximum atomic E-state index is 11.8. The smallest absolute Gasteiger partial charge is 0.314 e. The molecular weight excluding hydrogens is 286 g/mol. The summed E-state index contributed by atoms with van der Waals surface area (Å²) in [7, 11) is 0. The van der Waals surface area contributed by atoms with Gasteiger partial charge in [0.05, 0.1) is 19.8 Å². The normalized spacial score (nSPS) is 28.1. The first-order valence-electron chi connectivity index (χ1n) is 8.39. The zero-order chi connectivity index (χ0) is 15.3. The highest BCUT2D eigenvalue weighted by atomic mass is 16.7. The Hall–Kier alpha value is -0.890. The Kier molecular flexibility index (Phi) is 5.51. The van der Waals surface area contributed by atoms with Crippen LogP contribution < -0.4 is 10.6 Å². The Morgan fingerprint density at radius 3 is 2.73 bits per heavy atom. The van der Waals surface area contributed by atoms with Gasteiger partial charge in [-0.15, -0.1) is 0 Å². The van der Waals surface area contributed by atoms with Gasteiger partial charge in [0.1, 0.15) is 6.10 Å². The van der Waals surface area contributed by atoms with Crippen LogP contribution in [0.4, 0.5) is 4.79 Å². The van der Waals surface area contributed by atoms with Gasteiger partial charge in [-0.3, -0.25) is 4.90 Å². The van der Waals surface area contributed by atoms with E-state index in [4.69, 9.17) is 14.2 Å². The van der Waals surface area contributed by atoms with E-state index in [1.807, 2.05) is 0 Å². The molecule has 1 spiro atoms. The van der Waals surface area contributed by atoms with E-state index in [2.05, 4.69) is 15.5 Å². The minimum atomic E-state index is -0.348. The summed E-state index contributed by atoms with van der Waals surface area (Å²) in [6.07, 6.45) is 4.28. The van der Waals surface area contributed by atoms with Crippen molar-refractivity contribution in [2.45, 2.75) is 37.6 Å². The van der Waals surface area contributed by atoms with Gasteiger partial charge in [0.25, 0.3) is 0 Å². The second-order valence-electron chi connectivity index (χ2n) is 6.26. The average molecular weight is 313 g/mol. The SMILES string of the molecule is O=C(NCCN1CCOCC1)NCC1COC2(CCCC2)O1. The molecule has 2 aliphatic heterocycles. The molecule has 1 unspecified atom stereocenters. The fourth-order valence-electron chi connectivity index (χ4n) is 3.31. The van der Waals surface area contributed by atoms with E-state index in [-0.39, 0.29) is 17.9 Å². The molecule has 2 saturated heterocycles. The zero-order valence-electron chi connectivity index (χ0n) is 13.1. The molecule has 126 valence electrons. The minimum absolute atomic E-state index is 0.0249. The Bertz CT molecular complexity index is 368. The van der Waals surface area contributed by atoms with Gasteiger partial charge < -0.3 is 24.8 Å². The van der Waals surface area contributed by atoms with E-state index in [0.29, 0.717) is 19.7 Å². The van der Waals surface area contributed by atoms with E-state index in [1.165, 1.54) is 12.8 Å². The van der Waals surface area contributed by atoms with Crippen molar-refractivity contribution in [3.63, 3.8) is 0 Å². The molecule has 7 nitrogen and oxygen atoms in total. The van der Waals surface area contributed by atoms with Crippen molar-refractivity contribution in [1.29, 1.82) is 0 Å². The number of carbonyl (C=O) groups is 1. The second-order valence-corrected chi connectivity index (χ2v) is 6.26. The summed E-state index contributed by atoms with van der Waals surface area (Å²) in [5.74, 6) is -0.348. The summed E-state index contributed by atoms with van der Waals surface area (Å²) >= 11 is 0. The van der Waals surface area contributed by atoms with Crippen molar-refractivity contribution in [2.24, 2.45) is 0 Å². The summed E-state index contributed by atoms with van der Waals surface area (Å²) in [4.78, 5) is 14.1. The van der Waals surface area contributed by atoms with Gasteiger partial charge in [-0.25, -0.2) is 4.79 Å². The van der Waals surface area contributed by atoms with Crippen LogP contribution in [0.25, 0.3) is 0 Å². The first kappa shape index (κ1) is 16.0. The second kappa shape index (κ2) is 7.59. The summed E-state index contributed by atoms with van der Waals surface area (Å²) in [5.41, 5.74) is 0. The van der Waals surface area contributed by atoms with Crippen LogP contribution in [0.1, 0.15) is 25.7 Å². The molecule has 2 amide bonds. The van der Waals surface area contributed by atoms with Crippen LogP contribution in [0.5, 0.6) is 0 Å². The molecule has 2 N–H and O–H groups in total. The van der Waals surface area contributed by atoms with Crippen LogP contribution in [0.2, 0.25) is 0 Å². The number of amides is 2. The molecule has 3 aliphatic rings. The van der Waals surface area contributed by atoms with Crippen LogP contribution in [-0.4, -0.2) is 75.4 Å². The molecule has 1 aliphatic carbocycles. The number of hydrogen-bond donors (Lipinski definition) is 2. The third kappa shape index (κ3) is 4.32. The van der Waals surface area contributed by atoms with Crippen LogP contribution in [-0.2, 0) is 14.2 Å². The molecular formula is C15H27N3O4. The highest BCUT2D eigenvalue weighted by Crippen LogP contribution is 2.38. The topological polar surface area (TPSA) is 72.1 Å². The van der Waals surface area contributed by atoms with Gasteiger partial charge in [0.15, 0.2) is 5.79 Å². The lowest BCUT2D eigenvalue weighted by molar-refractivity contribution is -0.160. The van der Waals surface area contributed by atoms with E-state index in [0.717, 1.165) is 45.7 Å². The van der Waals surface area contributed by atoms with E-state index in [1.54, 1.807) is 0 Å².